The van der Waals surface area contributed by atoms with Gasteiger partial charge in [-0.05, 0) is 44.2 Å². The van der Waals surface area contributed by atoms with Gasteiger partial charge in [-0.3, -0.25) is 34.4 Å². The van der Waals surface area contributed by atoms with Gasteiger partial charge in [0, 0.05) is 6.54 Å². The van der Waals surface area contributed by atoms with Crippen LogP contribution < -0.4 is 43.9 Å². The number of hydrogen-bond acceptors (Lipinski definition) is 8. The molecule has 0 aromatic heterocycles. The van der Waals surface area contributed by atoms with Crippen LogP contribution in [0.2, 0.25) is 0 Å². The number of unbranched alkanes of at least 4 members (excludes halogenated alkanes) is 1. The molecule has 3 atom stereocenters. The highest BCUT2D eigenvalue weighted by Gasteiger charge is 2.31. The Bertz CT molecular complexity index is 1160. The molecular weight excluding hydrogens is 564 g/mol. The minimum atomic E-state index is -1.59. The van der Waals surface area contributed by atoms with Gasteiger partial charge < -0.3 is 43.6 Å². The number of carbonyl (C=O) groups is 6. The number of carboxylic acid groups (broad SMARTS) is 1. The second-order valence-electron chi connectivity index (χ2n) is 9.78. The number of nitrogens with two attached hydrogens (primary N) is 3. The number of nitrogens with one attached hydrogen (secondary N) is 5. The summed E-state index contributed by atoms with van der Waals surface area (Å²) in [5.41, 5.74) is 19.3. The lowest BCUT2D eigenvalue weighted by atomic mass is 10.1. The average molecular weight is 605 g/mol. The van der Waals surface area contributed by atoms with E-state index < -0.39 is 66.7 Å². The molecular formula is C26H40N10O7. The molecule has 1 aromatic carbocycles. The third-order valence-electron chi connectivity index (χ3n) is 6.27. The van der Waals surface area contributed by atoms with Gasteiger partial charge in [0.15, 0.2) is 5.96 Å². The van der Waals surface area contributed by atoms with Crippen molar-refractivity contribution >= 4 is 41.6 Å². The molecule has 43 heavy (non-hydrogen) atoms. The van der Waals surface area contributed by atoms with E-state index in [1.807, 2.05) is 0 Å². The zero-order valence-corrected chi connectivity index (χ0v) is 23.7. The summed E-state index contributed by atoms with van der Waals surface area (Å²) in [6, 6.07) is 3.84. The van der Waals surface area contributed by atoms with Crippen LogP contribution in [0.1, 0.15) is 44.1 Å². The quantitative estimate of drug-likeness (QED) is 0.0679. The van der Waals surface area contributed by atoms with E-state index in [0.29, 0.717) is 24.9 Å². The highest BCUT2D eigenvalue weighted by molar-refractivity contribution is 5.96. The van der Waals surface area contributed by atoms with Crippen LogP contribution in [0.5, 0.6) is 0 Å². The molecule has 1 aromatic rings. The van der Waals surface area contributed by atoms with Crippen molar-refractivity contribution in [3.05, 3.63) is 35.9 Å². The highest BCUT2D eigenvalue weighted by atomic mass is 16.4. The van der Waals surface area contributed by atoms with E-state index in [1.165, 1.54) is 0 Å². The van der Waals surface area contributed by atoms with Gasteiger partial charge in [-0.25, -0.2) is 9.80 Å². The van der Waals surface area contributed by atoms with Crippen LogP contribution >= 0.6 is 0 Å². The Kier molecular flexibility index (Phi) is 14.2. The van der Waals surface area contributed by atoms with Crippen molar-refractivity contribution in [2.45, 2.75) is 63.2 Å². The Hall–Kier alpha value is -4.93. The Morgan fingerprint density at radius 3 is 2.21 bits per heavy atom. The molecule has 236 valence electrons. The summed E-state index contributed by atoms with van der Waals surface area (Å²) in [6.45, 7) is -0.261. The number of amides is 6. The van der Waals surface area contributed by atoms with Crippen molar-refractivity contribution in [3.63, 3.8) is 0 Å². The zero-order valence-electron chi connectivity index (χ0n) is 23.7. The maximum absolute atomic E-state index is 13.5. The normalized spacial score (nSPS) is 20.3. The number of aliphatic imine (C=N–C) groups is 1. The second-order valence-corrected chi connectivity index (χ2v) is 9.78. The predicted molar refractivity (Wildman–Crippen MR) is 154 cm³/mol. The van der Waals surface area contributed by atoms with Gasteiger partial charge in [0.1, 0.15) is 18.1 Å². The monoisotopic (exact) mass is 604 g/mol. The highest BCUT2D eigenvalue weighted by Crippen LogP contribution is 2.08. The van der Waals surface area contributed by atoms with Crippen LogP contribution in [0.3, 0.4) is 0 Å². The van der Waals surface area contributed by atoms with Crippen molar-refractivity contribution in [2.75, 3.05) is 19.6 Å². The lowest BCUT2D eigenvalue weighted by Crippen LogP contribution is -2.59. The van der Waals surface area contributed by atoms with E-state index in [0.717, 1.165) is 5.01 Å². The number of rotatable bonds is 12. The van der Waals surface area contributed by atoms with Crippen LogP contribution in [-0.2, 0) is 30.5 Å². The molecule has 6 amide bonds. The van der Waals surface area contributed by atoms with Crippen molar-refractivity contribution in [3.8, 4) is 0 Å². The number of urea groups is 1. The molecule has 0 spiro atoms. The third kappa shape index (κ3) is 12.6. The van der Waals surface area contributed by atoms with E-state index in [-0.39, 0.29) is 38.3 Å². The van der Waals surface area contributed by atoms with Gasteiger partial charge >= 0.3 is 12.0 Å². The maximum Gasteiger partial charge on any atom is 0.337 e. The molecule has 2 rings (SSSR count). The van der Waals surface area contributed by atoms with Gasteiger partial charge in [0.05, 0.1) is 19.5 Å². The molecule has 0 radical (unpaired) electrons. The number of guanidine groups is 1. The average Bonchev–Trinajstić information content (AvgIpc) is 2.95. The van der Waals surface area contributed by atoms with Crippen molar-refractivity contribution < 1.29 is 33.9 Å². The standard InChI is InChI=1S/C26H40N10O7/c27-11-5-4-9-18-23(41)33-17(10-6-12-30-25(28)29)22(40)31-14-20(37)32-19(13-21(38)39)24(42)35-36(26(43)34-18)15-16-7-2-1-3-8-16/h1-3,7-8,17-19H,4-6,9-15,27H2,(H,31,40)(H,32,37)(H,33,41)(H,34,43)(H,35,42)(H,38,39)(H4,28,29,30). The van der Waals surface area contributed by atoms with E-state index in [9.17, 15) is 33.9 Å². The largest absolute Gasteiger partial charge is 0.481 e. The lowest BCUT2D eigenvalue weighted by molar-refractivity contribution is -0.141. The van der Waals surface area contributed by atoms with Crippen LogP contribution in [0, 0.1) is 0 Å². The van der Waals surface area contributed by atoms with Crippen molar-refractivity contribution in [1.82, 2.24) is 31.7 Å². The summed E-state index contributed by atoms with van der Waals surface area (Å²) in [4.78, 5) is 81.0. The summed E-state index contributed by atoms with van der Waals surface area (Å²) >= 11 is 0. The van der Waals surface area contributed by atoms with Crippen molar-refractivity contribution in [2.24, 2.45) is 22.2 Å². The topological polar surface area (TPSA) is 276 Å². The fourth-order valence-electron chi connectivity index (χ4n) is 4.09. The fourth-order valence-corrected chi connectivity index (χ4v) is 4.09. The van der Waals surface area contributed by atoms with Gasteiger partial charge in [0.2, 0.25) is 17.7 Å². The fraction of sp³-hybridized carbons (Fsp3) is 0.500. The molecule has 0 saturated carbocycles. The van der Waals surface area contributed by atoms with Crippen LogP contribution in [-0.4, -0.2) is 89.5 Å². The zero-order chi connectivity index (χ0) is 31.8. The van der Waals surface area contributed by atoms with Crippen LogP contribution in [0.4, 0.5) is 4.79 Å². The number of benzene rings is 1. The number of hydrogen-bond donors (Lipinski definition) is 9. The molecule has 0 bridgehead atoms. The molecule has 3 unspecified atom stereocenters. The number of aliphatic carboxylic acids is 1. The minimum Gasteiger partial charge on any atom is -0.481 e. The van der Waals surface area contributed by atoms with E-state index in [2.05, 4.69) is 31.7 Å². The third-order valence-corrected chi connectivity index (χ3v) is 6.27. The summed E-state index contributed by atoms with van der Waals surface area (Å²) < 4.78 is 0. The van der Waals surface area contributed by atoms with Crippen LogP contribution in [0.25, 0.3) is 0 Å². The predicted octanol–water partition coefficient (Wildman–Crippen LogP) is -2.65. The molecule has 1 saturated heterocycles. The Labute approximate surface area is 248 Å². The smallest absolute Gasteiger partial charge is 0.337 e. The van der Waals surface area contributed by atoms with Gasteiger partial charge in [0.25, 0.3) is 5.91 Å². The van der Waals surface area contributed by atoms with E-state index in [4.69, 9.17) is 17.2 Å². The van der Waals surface area contributed by atoms with Gasteiger partial charge in [-0.15, -0.1) is 0 Å². The second kappa shape index (κ2) is 17.8. The Morgan fingerprint density at radius 2 is 1.56 bits per heavy atom. The number of carbonyl (C=O) groups excluding carboxylic acids is 5. The first kappa shape index (κ1) is 34.3. The van der Waals surface area contributed by atoms with E-state index in [1.54, 1.807) is 30.3 Å². The lowest BCUT2D eigenvalue weighted by Gasteiger charge is -2.28. The van der Waals surface area contributed by atoms with Crippen molar-refractivity contribution in [1.29, 1.82) is 0 Å². The molecule has 1 aliphatic heterocycles. The summed E-state index contributed by atoms with van der Waals surface area (Å²) in [6.07, 6.45) is 0.739. The number of nitrogens with zero attached hydrogens (tertiary/aromatic N) is 2. The summed E-state index contributed by atoms with van der Waals surface area (Å²) in [7, 11) is 0. The molecule has 12 N–H and O–H groups in total. The first-order valence-electron chi connectivity index (χ1n) is 13.8. The summed E-state index contributed by atoms with van der Waals surface area (Å²) in [5, 5.41) is 20.1. The van der Waals surface area contributed by atoms with Crippen LogP contribution in [0.15, 0.2) is 35.3 Å². The number of carboxylic acids is 1. The molecule has 1 heterocycles. The molecule has 17 nitrogen and oxygen atoms in total. The summed E-state index contributed by atoms with van der Waals surface area (Å²) in [5.74, 6) is -4.80. The molecule has 1 aliphatic rings. The maximum atomic E-state index is 13.5. The Morgan fingerprint density at radius 1 is 0.884 bits per heavy atom. The number of hydrazine groups is 1. The van der Waals surface area contributed by atoms with E-state index >= 15 is 0 Å². The minimum absolute atomic E-state index is 0.0846. The molecule has 0 aliphatic carbocycles. The Balaban J connectivity index is 2.44. The SMILES string of the molecule is NCCCCC1NC(=O)N(Cc2ccccc2)NC(=O)C(CC(=O)O)NC(=O)CNC(=O)C(CCCN=C(N)N)NC1=O. The van der Waals surface area contributed by atoms with Gasteiger partial charge in [-0.2, -0.15) is 0 Å². The first-order chi connectivity index (χ1) is 20.5. The first-order valence-corrected chi connectivity index (χ1v) is 13.8. The molecule has 1 fully saturated rings. The molecule has 17 heteroatoms. The van der Waals surface area contributed by atoms with Gasteiger partial charge in [-0.1, -0.05) is 30.3 Å².